The van der Waals surface area contributed by atoms with Crippen molar-refractivity contribution in [1.29, 1.82) is 0 Å². The summed E-state index contributed by atoms with van der Waals surface area (Å²) in [5.74, 6) is 0.902. The van der Waals surface area contributed by atoms with E-state index >= 15 is 0 Å². The van der Waals surface area contributed by atoms with Gasteiger partial charge in [0.25, 0.3) is 0 Å². The molecule has 0 amide bonds. The monoisotopic (exact) mass is 340 g/mol. The minimum atomic E-state index is 0.00837. The van der Waals surface area contributed by atoms with Gasteiger partial charge in [0.05, 0.1) is 22.9 Å². The molecule has 0 aliphatic rings. The molecule has 0 radical (unpaired) electrons. The van der Waals surface area contributed by atoms with Crippen molar-refractivity contribution in [1.82, 2.24) is 30.0 Å². The summed E-state index contributed by atoms with van der Waals surface area (Å²) in [5, 5.41) is 7.92. The van der Waals surface area contributed by atoms with E-state index in [1.807, 2.05) is 17.1 Å². The number of hydrogen-bond donors (Lipinski definition) is 2. The van der Waals surface area contributed by atoms with Crippen LogP contribution in [0.5, 0.6) is 0 Å². The van der Waals surface area contributed by atoms with E-state index in [-0.39, 0.29) is 6.04 Å². The molecule has 0 fully saturated rings. The fourth-order valence-corrected chi connectivity index (χ4v) is 2.62. The van der Waals surface area contributed by atoms with Crippen LogP contribution in [0.3, 0.4) is 0 Å². The molecule has 110 valence electrons. The topological polar surface area (TPSA) is 61.8 Å². The largest absolute Gasteiger partial charge is 0.347 e. The van der Waals surface area contributed by atoms with Crippen LogP contribution in [-0.2, 0) is 6.54 Å². The summed E-state index contributed by atoms with van der Waals surface area (Å²) >= 11 is 3.60. The second-order valence-corrected chi connectivity index (χ2v) is 5.72. The van der Waals surface area contributed by atoms with Crippen LogP contribution in [0.1, 0.15) is 24.5 Å². The molecular formula is C13H21BrN6. The van der Waals surface area contributed by atoms with Crippen LogP contribution in [0.2, 0.25) is 0 Å². The van der Waals surface area contributed by atoms with Crippen LogP contribution in [0.4, 0.5) is 0 Å². The Morgan fingerprint density at radius 1 is 1.50 bits per heavy atom. The van der Waals surface area contributed by atoms with E-state index in [2.05, 4.69) is 62.2 Å². The van der Waals surface area contributed by atoms with Gasteiger partial charge in [-0.3, -0.25) is 4.68 Å². The predicted molar refractivity (Wildman–Crippen MR) is 82.6 cm³/mol. The number of rotatable bonds is 7. The minimum Gasteiger partial charge on any atom is -0.347 e. The average molecular weight is 341 g/mol. The van der Waals surface area contributed by atoms with Gasteiger partial charge in [-0.15, -0.1) is 0 Å². The molecule has 0 saturated heterocycles. The summed E-state index contributed by atoms with van der Waals surface area (Å²) in [5.41, 5.74) is 1.10. The van der Waals surface area contributed by atoms with Gasteiger partial charge in [-0.05, 0) is 36.6 Å². The number of H-pyrrole nitrogens is 1. The average Bonchev–Trinajstić information content (AvgIpc) is 3.04. The maximum Gasteiger partial charge on any atom is 0.129 e. The number of halogens is 1. The maximum atomic E-state index is 4.46. The highest BCUT2D eigenvalue weighted by Crippen LogP contribution is 2.26. The zero-order chi connectivity index (χ0) is 14.5. The molecule has 2 aromatic heterocycles. The summed E-state index contributed by atoms with van der Waals surface area (Å²) in [6.45, 7) is 4.73. The molecule has 0 aliphatic carbocycles. The van der Waals surface area contributed by atoms with Crippen molar-refractivity contribution in [2.45, 2.75) is 19.5 Å². The standard InChI is InChI=1S/C13H21BrN6/c1-4-15-11(13-16-5-6-17-13)12-10(14)9-18-20(12)8-7-19(2)3/h5-6,9,11,15H,4,7-8H2,1-3H3,(H,16,17). The van der Waals surface area contributed by atoms with Gasteiger partial charge in [0, 0.05) is 18.9 Å². The fraction of sp³-hybridized carbons (Fsp3) is 0.538. The SMILES string of the molecule is CCNC(c1ncc[nH]1)c1c(Br)cnn1CCN(C)C. The van der Waals surface area contributed by atoms with E-state index in [9.17, 15) is 0 Å². The van der Waals surface area contributed by atoms with Crippen molar-refractivity contribution < 1.29 is 0 Å². The molecule has 0 aromatic carbocycles. The highest BCUT2D eigenvalue weighted by Gasteiger charge is 2.23. The number of imidazole rings is 1. The quantitative estimate of drug-likeness (QED) is 0.804. The molecule has 2 N–H and O–H groups in total. The van der Waals surface area contributed by atoms with Gasteiger partial charge in [-0.1, -0.05) is 6.92 Å². The van der Waals surface area contributed by atoms with Crippen molar-refractivity contribution >= 4 is 15.9 Å². The van der Waals surface area contributed by atoms with E-state index in [1.165, 1.54) is 0 Å². The van der Waals surface area contributed by atoms with E-state index < -0.39 is 0 Å². The maximum absolute atomic E-state index is 4.46. The lowest BCUT2D eigenvalue weighted by Crippen LogP contribution is -2.28. The van der Waals surface area contributed by atoms with Crippen LogP contribution in [0, 0.1) is 0 Å². The first-order valence-corrected chi connectivity index (χ1v) is 7.51. The van der Waals surface area contributed by atoms with Crippen LogP contribution in [0.25, 0.3) is 0 Å². The molecule has 6 nitrogen and oxygen atoms in total. The van der Waals surface area contributed by atoms with Crippen LogP contribution >= 0.6 is 15.9 Å². The van der Waals surface area contributed by atoms with Crippen LogP contribution in [-0.4, -0.2) is 51.8 Å². The van der Waals surface area contributed by atoms with E-state index in [4.69, 9.17) is 0 Å². The number of aromatic nitrogens is 4. The van der Waals surface area contributed by atoms with Crippen molar-refractivity contribution in [2.24, 2.45) is 0 Å². The lowest BCUT2D eigenvalue weighted by atomic mass is 10.2. The van der Waals surface area contributed by atoms with E-state index in [0.717, 1.165) is 35.6 Å². The molecule has 2 aromatic rings. The Kier molecular flexibility index (Phi) is 5.33. The Bertz CT molecular complexity index is 519. The van der Waals surface area contributed by atoms with Crippen LogP contribution in [0.15, 0.2) is 23.1 Å². The first kappa shape index (κ1) is 15.2. The molecule has 0 saturated carbocycles. The lowest BCUT2D eigenvalue weighted by Gasteiger charge is -2.19. The van der Waals surface area contributed by atoms with Gasteiger partial charge in [-0.2, -0.15) is 5.10 Å². The van der Waals surface area contributed by atoms with Crippen molar-refractivity contribution in [3.8, 4) is 0 Å². The normalized spacial score (nSPS) is 13.1. The number of aromatic amines is 1. The fourth-order valence-electron chi connectivity index (χ4n) is 2.09. The van der Waals surface area contributed by atoms with Gasteiger partial charge < -0.3 is 15.2 Å². The third-order valence-electron chi connectivity index (χ3n) is 3.07. The van der Waals surface area contributed by atoms with Crippen LogP contribution < -0.4 is 5.32 Å². The third-order valence-corrected chi connectivity index (χ3v) is 3.68. The summed E-state index contributed by atoms with van der Waals surface area (Å²) in [6.07, 6.45) is 5.46. The number of nitrogens with one attached hydrogen (secondary N) is 2. The third kappa shape index (κ3) is 3.47. The number of likely N-dealkylation sites (N-methyl/N-ethyl adjacent to an activating group) is 1. The zero-order valence-corrected chi connectivity index (χ0v) is 13.7. The second-order valence-electron chi connectivity index (χ2n) is 4.87. The van der Waals surface area contributed by atoms with Gasteiger partial charge >= 0.3 is 0 Å². The highest BCUT2D eigenvalue weighted by atomic mass is 79.9. The summed E-state index contributed by atoms with van der Waals surface area (Å²) in [6, 6.07) is 0.00837. The van der Waals surface area contributed by atoms with Crippen molar-refractivity contribution in [3.63, 3.8) is 0 Å². The molecule has 1 atom stereocenters. The Labute approximate surface area is 127 Å². The first-order chi connectivity index (χ1) is 9.63. The first-order valence-electron chi connectivity index (χ1n) is 6.72. The number of hydrogen-bond acceptors (Lipinski definition) is 4. The van der Waals surface area contributed by atoms with Gasteiger partial charge in [0.1, 0.15) is 11.9 Å². The van der Waals surface area contributed by atoms with Crippen molar-refractivity contribution in [3.05, 3.63) is 34.6 Å². The van der Waals surface area contributed by atoms with E-state index in [0.29, 0.717) is 0 Å². The minimum absolute atomic E-state index is 0.00837. The molecular weight excluding hydrogens is 320 g/mol. The van der Waals surface area contributed by atoms with Gasteiger partial charge in [0.2, 0.25) is 0 Å². The smallest absolute Gasteiger partial charge is 0.129 e. The Hall–Kier alpha value is -1.18. The summed E-state index contributed by atoms with van der Waals surface area (Å²) < 4.78 is 3.03. The Morgan fingerprint density at radius 3 is 2.90 bits per heavy atom. The summed E-state index contributed by atoms with van der Waals surface area (Å²) in [7, 11) is 4.12. The molecule has 20 heavy (non-hydrogen) atoms. The number of nitrogens with zero attached hydrogens (tertiary/aromatic N) is 4. The van der Waals surface area contributed by atoms with Crippen molar-refractivity contribution in [2.75, 3.05) is 27.2 Å². The molecule has 0 spiro atoms. The molecule has 2 rings (SSSR count). The predicted octanol–water partition coefficient (Wildman–Crippen LogP) is 1.63. The lowest BCUT2D eigenvalue weighted by molar-refractivity contribution is 0.365. The second kappa shape index (κ2) is 7.01. The van der Waals surface area contributed by atoms with E-state index in [1.54, 1.807) is 6.20 Å². The highest BCUT2D eigenvalue weighted by molar-refractivity contribution is 9.10. The van der Waals surface area contributed by atoms with Gasteiger partial charge in [0.15, 0.2) is 0 Å². The zero-order valence-electron chi connectivity index (χ0n) is 12.1. The summed E-state index contributed by atoms with van der Waals surface area (Å²) in [4.78, 5) is 9.71. The molecule has 0 aliphatic heterocycles. The molecule has 1 unspecified atom stereocenters. The Morgan fingerprint density at radius 2 is 2.30 bits per heavy atom. The molecule has 0 bridgehead atoms. The molecule has 7 heteroatoms. The van der Waals surface area contributed by atoms with Gasteiger partial charge in [-0.25, -0.2) is 4.98 Å². The Balaban J connectivity index is 2.30. The molecule has 2 heterocycles.